The van der Waals surface area contributed by atoms with Gasteiger partial charge in [0, 0.05) is 18.0 Å². The van der Waals surface area contributed by atoms with Gasteiger partial charge >= 0.3 is 0 Å². The highest BCUT2D eigenvalue weighted by Gasteiger charge is 2.22. The van der Waals surface area contributed by atoms with Crippen LogP contribution in [0.4, 0.5) is 0 Å². The number of methoxy groups -OCH3 is 1. The molecule has 0 aromatic heterocycles. The molecule has 0 amide bonds. The molecular weight excluding hydrogens is 178 g/mol. The van der Waals surface area contributed by atoms with Gasteiger partial charge in [-0.2, -0.15) is 0 Å². The molecule has 0 bridgehead atoms. The van der Waals surface area contributed by atoms with Crippen LogP contribution >= 0.6 is 0 Å². The first-order chi connectivity index (χ1) is 6.70. The van der Waals surface area contributed by atoms with E-state index in [9.17, 15) is 4.79 Å². The fourth-order valence-electron chi connectivity index (χ4n) is 1.82. The lowest BCUT2D eigenvalue weighted by molar-refractivity contribution is 0.0965. The SMILES string of the molecule is COc1ccc2c(c1)C(=O)CC(N)C2. The Kier molecular flexibility index (Phi) is 2.25. The van der Waals surface area contributed by atoms with Gasteiger partial charge in [-0.25, -0.2) is 0 Å². The maximum Gasteiger partial charge on any atom is 0.164 e. The molecule has 1 aromatic carbocycles. The number of ether oxygens (including phenoxy) is 1. The first kappa shape index (κ1) is 9.21. The molecule has 0 fully saturated rings. The van der Waals surface area contributed by atoms with Gasteiger partial charge in [-0.1, -0.05) is 6.07 Å². The van der Waals surface area contributed by atoms with Gasteiger partial charge in [-0.05, 0) is 24.1 Å². The molecule has 2 N–H and O–H groups in total. The third-order valence-electron chi connectivity index (χ3n) is 2.55. The average Bonchev–Trinajstić information content (AvgIpc) is 2.17. The van der Waals surface area contributed by atoms with Crippen molar-refractivity contribution in [2.24, 2.45) is 5.73 Å². The van der Waals surface area contributed by atoms with Gasteiger partial charge in [0.1, 0.15) is 5.75 Å². The van der Waals surface area contributed by atoms with Crippen LogP contribution < -0.4 is 10.5 Å². The second-order valence-electron chi connectivity index (χ2n) is 3.61. The lowest BCUT2D eigenvalue weighted by atomic mass is 9.88. The number of carbonyl (C=O) groups is 1. The summed E-state index contributed by atoms with van der Waals surface area (Å²) in [5, 5.41) is 0. The molecule has 74 valence electrons. The minimum Gasteiger partial charge on any atom is -0.497 e. The van der Waals surface area contributed by atoms with Crippen molar-refractivity contribution in [1.82, 2.24) is 0 Å². The Morgan fingerprint density at radius 3 is 2.93 bits per heavy atom. The summed E-state index contributed by atoms with van der Waals surface area (Å²) in [6.45, 7) is 0. The van der Waals surface area contributed by atoms with Crippen LogP contribution in [0.25, 0.3) is 0 Å². The summed E-state index contributed by atoms with van der Waals surface area (Å²) in [5.74, 6) is 0.852. The van der Waals surface area contributed by atoms with Crippen molar-refractivity contribution in [2.45, 2.75) is 18.9 Å². The molecule has 0 heterocycles. The zero-order valence-corrected chi connectivity index (χ0v) is 8.12. The Morgan fingerprint density at radius 1 is 1.43 bits per heavy atom. The quantitative estimate of drug-likeness (QED) is 0.724. The molecular formula is C11H13NO2. The van der Waals surface area contributed by atoms with Crippen molar-refractivity contribution in [3.63, 3.8) is 0 Å². The molecule has 0 spiro atoms. The van der Waals surface area contributed by atoms with E-state index in [0.717, 1.165) is 23.3 Å². The van der Waals surface area contributed by atoms with Crippen molar-refractivity contribution >= 4 is 5.78 Å². The molecule has 0 saturated heterocycles. The number of hydrogen-bond acceptors (Lipinski definition) is 3. The van der Waals surface area contributed by atoms with E-state index in [-0.39, 0.29) is 11.8 Å². The Labute approximate surface area is 82.9 Å². The number of hydrogen-bond donors (Lipinski definition) is 1. The second kappa shape index (κ2) is 3.42. The Bertz CT molecular complexity index is 374. The highest BCUT2D eigenvalue weighted by atomic mass is 16.5. The maximum absolute atomic E-state index is 11.6. The highest BCUT2D eigenvalue weighted by Crippen LogP contribution is 2.24. The first-order valence-electron chi connectivity index (χ1n) is 4.66. The third kappa shape index (κ3) is 1.51. The van der Waals surface area contributed by atoms with Crippen LogP contribution in [0, 0.1) is 0 Å². The molecule has 1 aliphatic rings. The second-order valence-corrected chi connectivity index (χ2v) is 3.61. The van der Waals surface area contributed by atoms with E-state index in [0.29, 0.717) is 6.42 Å². The Hall–Kier alpha value is -1.35. The minimum atomic E-state index is -0.0246. The average molecular weight is 191 g/mol. The number of nitrogens with two attached hydrogens (primary N) is 1. The summed E-state index contributed by atoms with van der Waals surface area (Å²) in [7, 11) is 1.60. The normalized spacial score (nSPS) is 20.4. The van der Waals surface area contributed by atoms with Gasteiger partial charge < -0.3 is 10.5 Å². The maximum atomic E-state index is 11.6. The lowest BCUT2D eigenvalue weighted by Gasteiger charge is -2.20. The van der Waals surface area contributed by atoms with Crippen LogP contribution in [0.1, 0.15) is 22.3 Å². The molecule has 3 heteroatoms. The zero-order valence-electron chi connectivity index (χ0n) is 8.12. The van der Waals surface area contributed by atoms with Gasteiger partial charge in [0.15, 0.2) is 5.78 Å². The predicted octanol–water partition coefficient (Wildman–Crippen LogP) is 1.15. The molecule has 0 radical (unpaired) electrons. The standard InChI is InChI=1S/C11H13NO2/c1-14-9-3-2-7-4-8(12)5-11(13)10(7)6-9/h2-3,6,8H,4-5,12H2,1H3. The number of carbonyl (C=O) groups excluding carboxylic acids is 1. The van der Waals surface area contributed by atoms with Crippen LogP contribution in [-0.4, -0.2) is 18.9 Å². The van der Waals surface area contributed by atoms with Crippen molar-refractivity contribution in [1.29, 1.82) is 0 Å². The van der Waals surface area contributed by atoms with Gasteiger partial charge in [0.2, 0.25) is 0 Å². The Morgan fingerprint density at radius 2 is 2.21 bits per heavy atom. The van der Waals surface area contributed by atoms with Gasteiger partial charge in [0.05, 0.1) is 7.11 Å². The van der Waals surface area contributed by atoms with Crippen LogP contribution in [0.2, 0.25) is 0 Å². The summed E-state index contributed by atoms with van der Waals surface area (Å²) in [5.41, 5.74) is 7.56. The number of benzene rings is 1. The van der Waals surface area contributed by atoms with E-state index >= 15 is 0 Å². The van der Waals surface area contributed by atoms with E-state index in [4.69, 9.17) is 10.5 Å². The molecule has 2 rings (SSSR count). The predicted molar refractivity (Wildman–Crippen MR) is 53.6 cm³/mol. The first-order valence-corrected chi connectivity index (χ1v) is 4.66. The van der Waals surface area contributed by atoms with E-state index in [2.05, 4.69) is 0 Å². The van der Waals surface area contributed by atoms with Crippen LogP contribution in [0.5, 0.6) is 5.75 Å². The molecule has 1 aromatic rings. The van der Waals surface area contributed by atoms with Crippen LogP contribution in [-0.2, 0) is 6.42 Å². The lowest BCUT2D eigenvalue weighted by Crippen LogP contribution is -2.31. The van der Waals surface area contributed by atoms with Crippen LogP contribution in [0.3, 0.4) is 0 Å². The number of Topliss-reactive ketones (excluding diaryl/α,β-unsaturated/α-hetero) is 1. The summed E-state index contributed by atoms with van der Waals surface area (Å²) >= 11 is 0. The molecule has 1 unspecified atom stereocenters. The Balaban J connectivity index is 2.44. The van der Waals surface area contributed by atoms with E-state index in [1.807, 2.05) is 12.1 Å². The summed E-state index contributed by atoms with van der Waals surface area (Å²) in [4.78, 5) is 11.6. The van der Waals surface area contributed by atoms with Crippen molar-refractivity contribution in [3.8, 4) is 5.75 Å². The van der Waals surface area contributed by atoms with Gasteiger partial charge in [-0.3, -0.25) is 4.79 Å². The van der Waals surface area contributed by atoms with Crippen molar-refractivity contribution < 1.29 is 9.53 Å². The number of rotatable bonds is 1. The molecule has 14 heavy (non-hydrogen) atoms. The van der Waals surface area contributed by atoms with E-state index < -0.39 is 0 Å². The monoisotopic (exact) mass is 191 g/mol. The molecule has 0 aliphatic heterocycles. The largest absolute Gasteiger partial charge is 0.497 e. The summed E-state index contributed by atoms with van der Waals surface area (Å²) < 4.78 is 5.07. The number of fused-ring (bicyclic) bond motifs is 1. The fourth-order valence-corrected chi connectivity index (χ4v) is 1.82. The van der Waals surface area contributed by atoms with Crippen LogP contribution in [0.15, 0.2) is 18.2 Å². The summed E-state index contributed by atoms with van der Waals surface area (Å²) in [6, 6.07) is 5.56. The van der Waals surface area contributed by atoms with E-state index in [1.165, 1.54) is 0 Å². The molecule has 1 atom stereocenters. The van der Waals surface area contributed by atoms with Crippen molar-refractivity contribution in [2.75, 3.05) is 7.11 Å². The minimum absolute atomic E-state index is 0.0246. The zero-order chi connectivity index (χ0) is 10.1. The topological polar surface area (TPSA) is 52.3 Å². The number of ketones is 1. The van der Waals surface area contributed by atoms with E-state index in [1.54, 1.807) is 13.2 Å². The smallest absolute Gasteiger partial charge is 0.164 e. The highest BCUT2D eigenvalue weighted by molar-refractivity contribution is 5.99. The summed E-state index contributed by atoms with van der Waals surface area (Å²) in [6.07, 6.45) is 1.23. The van der Waals surface area contributed by atoms with Crippen molar-refractivity contribution in [3.05, 3.63) is 29.3 Å². The molecule has 0 saturated carbocycles. The van der Waals surface area contributed by atoms with Gasteiger partial charge in [-0.15, -0.1) is 0 Å². The molecule has 3 nitrogen and oxygen atoms in total. The van der Waals surface area contributed by atoms with Gasteiger partial charge in [0.25, 0.3) is 0 Å². The molecule has 1 aliphatic carbocycles. The fraction of sp³-hybridized carbons (Fsp3) is 0.364. The third-order valence-corrected chi connectivity index (χ3v) is 2.55.